The lowest BCUT2D eigenvalue weighted by Gasteiger charge is -2.12. The minimum absolute atomic E-state index is 0.231. The molecule has 1 aromatic rings. The van der Waals surface area contributed by atoms with Crippen LogP contribution in [-0.4, -0.2) is 21.2 Å². The average Bonchev–Trinajstić information content (AvgIpc) is 2.80. The number of unbranched alkanes of at least 4 members (excludes halogenated alkanes) is 5. The fourth-order valence-corrected chi connectivity index (χ4v) is 2.24. The predicted molar refractivity (Wildman–Crippen MR) is 68.0 cm³/mol. The molecule has 0 aliphatic carbocycles. The zero-order valence-electron chi connectivity index (χ0n) is 10.7. The summed E-state index contributed by atoms with van der Waals surface area (Å²) in [5.41, 5.74) is 0. The van der Waals surface area contributed by atoms with Crippen LogP contribution in [-0.2, 0) is 9.09 Å². The summed E-state index contributed by atoms with van der Waals surface area (Å²) in [4.78, 5) is 13.1. The number of phosphoric ester groups is 1. The molecule has 0 aliphatic heterocycles. The van der Waals surface area contributed by atoms with Crippen LogP contribution in [0.15, 0.2) is 18.7 Å². The van der Waals surface area contributed by atoms with E-state index in [2.05, 4.69) is 11.9 Å². The van der Waals surface area contributed by atoms with Crippen molar-refractivity contribution in [2.75, 3.05) is 6.61 Å². The van der Waals surface area contributed by atoms with Crippen LogP contribution in [0.3, 0.4) is 0 Å². The normalized spacial score (nSPS) is 14.3. The third kappa shape index (κ3) is 6.79. The van der Waals surface area contributed by atoms with Crippen LogP contribution in [0, 0.1) is 0 Å². The quantitative estimate of drug-likeness (QED) is 0.525. The van der Waals surface area contributed by atoms with Gasteiger partial charge in [0.2, 0.25) is 0 Å². The van der Waals surface area contributed by atoms with Crippen molar-refractivity contribution in [2.24, 2.45) is 0 Å². The maximum Gasteiger partial charge on any atom is 0.546 e. The highest BCUT2D eigenvalue weighted by molar-refractivity contribution is 7.47. The van der Waals surface area contributed by atoms with Crippen LogP contribution in [0.25, 0.3) is 0 Å². The van der Waals surface area contributed by atoms with Gasteiger partial charge < -0.3 is 4.62 Å². The molecule has 1 atom stereocenters. The van der Waals surface area contributed by atoms with E-state index in [9.17, 15) is 9.46 Å². The molecule has 1 unspecified atom stereocenters. The van der Waals surface area contributed by atoms with Crippen LogP contribution in [0.4, 0.5) is 0 Å². The van der Waals surface area contributed by atoms with Gasteiger partial charge in [0.05, 0.1) is 12.8 Å². The van der Waals surface area contributed by atoms with Crippen molar-refractivity contribution < 1.29 is 18.6 Å². The molecule has 1 heterocycles. The molecular formula is C11H21N2O4P. The van der Waals surface area contributed by atoms with E-state index in [1.165, 1.54) is 38.0 Å². The van der Waals surface area contributed by atoms with E-state index in [-0.39, 0.29) is 6.61 Å². The summed E-state index contributed by atoms with van der Waals surface area (Å²) < 4.78 is 22.1. The number of imidazole rings is 1. The topological polar surface area (TPSA) is 73.6 Å². The lowest BCUT2D eigenvalue weighted by atomic mass is 10.1. The molecule has 1 aromatic heterocycles. The molecule has 0 aromatic carbocycles. The van der Waals surface area contributed by atoms with E-state index >= 15 is 0 Å². The summed E-state index contributed by atoms with van der Waals surface area (Å²) in [6.07, 6.45) is 10.7. The molecule has 104 valence electrons. The summed E-state index contributed by atoms with van der Waals surface area (Å²) in [7, 11) is -4.02. The highest BCUT2D eigenvalue weighted by Gasteiger charge is 2.22. The van der Waals surface area contributed by atoms with E-state index < -0.39 is 7.82 Å². The van der Waals surface area contributed by atoms with Crippen LogP contribution < -0.4 is 4.62 Å². The van der Waals surface area contributed by atoms with Gasteiger partial charge in [0, 0.05) is 6.20 Å². The Morgan fingerprint density at radius 1 is 1.28 bits per heavy atom. The second-order valence-electron chi connectivity index (χ2n) is 4.07. The van der Waals surface area contributed by atoms with Crippen molar-refractivity contribution in [3.63, 3.8) is 0 Å². The predicted octanol–water partition coefficient (Wildman–Crippen LogP) is 2.79. The standard InChI is InChI=1S/C11H21N2O4P/c1-2-3-4-5-6-7-10-16-18(14,15)17-13-9-8-12-11-13/h8-9,11H,2-7,10H2,1H3,(H,14,15). The number of aromatic nitrogens is 2. The molecule has 7 heteroatoms. The van der Waals surface area contributed by atoms with Gasteiger partial charge in [0.25, 0.3) is 0 Å². The second kappa shape index (κ2) is 8.29. The number of hydrogen-bond acceptors (Lipinski definition) is 4. The summed E-state index contributed by atoms with van der Waals surface area (Å²) in [6.45, 7) is 2.40. The molecule has 18 heavy (non-hydrogen) atoms. The first kappa shape index (κ1) is 15.2. The van der Waals surface area contributed by atoms with Gasteiger partial charge in [-0.3, -0.25) is 9.42 Å². The van der Waals surface area contributed by atoms with E-state index in [1.807, 2.05) is 0 Å². The third-order valence-corrected chi connectivity index (χ3v) is 3.33. The molecule has 1 rings (SSSR count). The molecule has 6 nitrogen and oxygen atoms in total. The molecule has 0 radical (unpaired) electrons. The monoisotopic (exact) mass is 276 g/mol. The molecule has 0 saturated heterocycles. The van der Waals surface area contributed by atoms with Gasteiger partial charge in [-0.2, -0.15) is 4.73 Å². The Balaban J connectivity index is 2.08. The van der Waals surface area contributed by atoms with Crippen LogP contribution in [0.5, 0.6) is 0 Å². The summed E-state index contributed by atoms with van der Waals surface area (Å²) >= 11 is 0. The molecule has 0 fully saturated rings. The number of nitrogens with zero attached hydrogens (tertiary/aromatic N) is 2. The summed E-state index contributed by atoms with van der Waals surface area (Å²) in [6, 6.07) is 0. The van der Waals surface area contributed by atoms with Crippen molar-refractivity contribution in [1.82, 2.24) is 9.71 Å². The number of phosphoric acid groups is 1. The summed E-state index contributed by atoms with van der Waals surface area (Å²) in [5.74, 6) is 0. The van der Waals surface area contributed by atoms with Gasteiger partial charge in [0.1, 0.15) is 6.33 Å². The molecule has 0 amide bonds. The first-order valence-electron chi connectivity index (χ1n) is 6.29. The fourth-order valence-electron chi connectivity index (χ4n) is 1.50. The Bertz CT molecular complexity index is 356. The van der Waals surface area contributed by atoms with E-state index in [1.54, 1.807) is 0 Å². The lowest BCUT2D eigenvalue weighted by Crippen LogP contribution is -2.09. The van der Waals surface area contributed by atoms with E-state index in [0.717, 1.165) is 24.0 Å². The Labute approximate surface area is 108 Å². The van der Waals surface area contributed by atoms with Crippen LogP contribution in [0.2, 0.25) is 0 Å². The maximum absolute atomic E-state index is 11.5. The first-order valence-corrected chi connectivity index (χ1v) is 7.79. The Morgan fingerprint density at radius 3 is 2.67 bits per heavy atom. The minimum Gasteiger partial charge on any atom is -0.310 e. The van der Waals surface area contributed by atoms with Gasteiger partial charge in [-0.1, -0.05) is 39.0 Å². The SMILES string of the molecule is CCCCCCCCOP(=O)(O)On1ccnc1. The first-order chi connectivity index (χ1) is 8.64. The van der Waals surface area contributed by atoms with Crippen molar-refractivity contribution in [3.8, 4) is 0 Å². The van der Waals surface area contributed by atoms with Gasteiger partial charge in [-0.15, -0.1) is 0 Å². The lowest BCUT2D eigenvalue weighted by molar-refractivity contribution is 0.135. The zero-order chi connectivity index (χ0) is 13.3. The molecule has 0 saturated carbocycles. The van der Waals surface area contributed by atoms with Gasteiger partial charge in [-0.25, -0.2) is 9.55 Å². The Hall–Kier alpha value is -0.840. The molecule has 1 N–H and O–H groups in total. The van der Waals surface area contributed by atoms with Crippen LogP contribution in [0.1, 0.15) is 45.4 Å². The van der Waals surface area contributed by atoms with Gasteiger partial charge in [0.15, 0.2) is 0 Å². The van der Waals surface area contributed by atoms with Crippen molar-refractivity contribution in [3.05, 3.63) is 18.7 Å². The van der Waals surface area contributed by atoms with E-state index in [4.69, 9.17) is 9.15 Å². The fraction of sp³-hybridized carbons (Fsp3) is 0.727. The highest BCUT2D eigenvalue weighted by atomic mass is 31.2. The molecule has 0 aliphatic rings. The maximum atomic E-state index is 11.5. The highest BCUT2D eigenvalue weighted by Crippen LogP contribution is 2.39. The summed E-state index contributed by atoms with van der Waals surface area (Å²) in [5, 5.41) is 0. The Morgan fingerprint density at radius 2 is 2.00 bits per heavy atom. The second-order valence-corrected chi connectivity index (χ2v) is 5.43. The largest absolute Gasteiger partial charge is 0.546 e. The Kier molecular flexibility index (Phi) is 7.01. The van der Waals surface area contributed by atoms with Crippen molar-refractivity contribution >= 4 is 7.82 Å². The zero-order valence-corrected chi connectivity index (χ0v) is 11.6. The molecule has 0 bridgehead atoms. The molecule has 0 spiro atoms. The van der Waals surface area contributed by atoms with Crippen molar-refractivity contribution in [1.29, 1.82) is 0 Å². The molecular weight excluding hydrogens is 255 g/mol. The van der Waals surface area contributed by atoms with E-state index in [0.29, 0.717) is 0 Å². The van der Waals surface area contributed by atoms with Gasteiger partial charge >= 0.3 is 7.82 Å². The third-order valence-electron chi connectivity index (χ3n) is 2.43. The average molecular weight is 276 g/mol. The van der Waals surface area contributed by atoms with Crippen molar-refractivity contribution in [2.45, 2.75) is 45.4 Å². The smallest absolute Gasteiger partial charge is 0.310 e. The number of rotatable bonds is 10. The van der Waals surface area contributed by atoms with Gasteiger partial charge in [-0.05, 0) is 6.42 Å². The minimum atomic E-state index is -4.02. The number of hydrogen-bond donors (Lipinski definition) is 1. The van der Waals surface area contributed by atoms with Crippen LogP contribution >= 0.6 is 7.82 Å².